The molecule has 1 heterocycles. The molecule has 2 aromatic carbocycles. The van der Waals surface area contributed by atoms with Crippen LogP contribution in [0.25, 0.3) is 11.3 Å². The standard InChI is InChI=1S/C17H13F2N3OS.C2HF3O2/c18-12-3-1-11(2-4-12)15-10-24-17(22-15)20-9-16(23)21-14-7-5-13(19)6-8-14;3-2(4,5)1(6)7/h1-8,10H,9H2,(H,20,22)(H,21,23);(H,6,7). The summed E-state index contributed by atoms with van der Waals surface area (Å²) in [5, 5.41) is 15.1. The molecule has 0 atom stereocenters. The molecule has 6 nitrogen and oxygen atoms in total. The number of benzene rings is 2. The fourth-order valence-electron chi connectivity index (χ4n) is 2.00. The van der Waals surface area contributed by atoms with E-state index in [0.29, 0.717) is 16.5 Å². The maximum absolute atomic E-state index is 12.9. The summed E-state index contributed by atoms with van der Waals surface area (Å²) in [5.74, 6) is -3.68. The summed E-state index contributed by atoms with van der Waals surface area (Å²) >= 11 is 1.35. The maximum atomic E-state index is 12.9. The van der Waals surface area contributed by atoms with Crippen LogP contribution >= 0.6 is 11.3 Å². The van der Waals surface area contributed by atoms with Crippen LogP contribution in [0.2, 0.25) is 0 Å². The number of amides is 1. The molecule has 12 heteroatoms. The molecule has 0 aliphatic rings. The summed E-state index contributed by atoms with van der Waals surface area (Å²) in [7, 11) is 0. The van der Waals surface area contributed by atoms with Gasteiger partial charge in [-0.15, -0.1) is 11.3 Å². The number of halogens is 5. The van der Waals surface area contributed by atoms with Crippen molar-refractivity contribution in [1.82, 2.24) is 4.98 Å². The van der Waals surface area contributed by atoms with Crippen LogP contribution in [0, 0.1) is 11.6 Å². The number of aliphatic carboxylic acids is 1. The van der Waals surface area contributed by atoms with E-state index in [1.165, 1.54) is 47.7 Å². The first kappa shape index (κ1) is 23.7. The molecule has 0 fully saturated rings. The molecule has 164 valence electrons. The Balaban J connectivity index is 0.000000423. The normalized spacial score (nSPS) is 10.6. The van der Waals surface area contributed by atoms with Gasteiger partial charge in [0.05, 0.1) is 12.2 Å². The number of carboxylic acids is 1. The third-order valence-electron chi connectivity index (χ3n) is 3.41. The van der Waals surface area contributed by atoms with E-state index in [0.717, 1.165) is 5.56 Å². The SMILES string of the molecule is O=C(CNc1nc(-c2ccc(F)cc2)cs1)Nc1ccc(F)cc1.O=C(O)C(F)(F)F. The van der Waals surface area contributed by atoms with Crippen molar-refractivity contribution in [2.45, 2.75) is 6.18 Å². The van der Waals surface area contributed by atoms with Gasteiger partial charge in [0.15, 0.2) is 5.13 Å². The number of carbonyl (C=O) groups is 2. The number of alkyl halides is 3. The largest absolute Gasteiger partial charge is 0.490 e. The highest BCUT2D eigenvalue weighted by atomic mass is 32.1. The number of rotatable bonds is 5. The highest BCUT2D eigenvalue weighted by Crippen LogP contribution is 2.24. The Hall–Kier alpha value is -3.54. The fraction of sp³-hybridized carbons (Fsp3) is 0.105. The van der Waals surface area contributed by atoms with E-state index in [2.05, 4.69) is 15.6 Å². The summed E-state index contributed by atoms with van der Waals surface area (Å²) in [5.41, 5.74) is 2.03. The first-order chi connectivity index (χ1) is 14.5. The Morgan fingerprint density at radius 3 is 2.00 bits per heavy atom. The van der Waals surface area contributed by atoms with E-state index < -0.39 is 12.1 Å². The van der Waals surface area contributed by atoms with Crippen LogP contribution < -0.4 is 10.6 Å². The maximum Gasteiger partial charge on any atom is 0.490 e. The second-order valence-corrected chi connectivity index (χ2v) is 6.61. The summed E-state index contributed by atoms with van der Waals surface area (Å²) in [4.78, 5) is 25.1. The number of anilines is 2. The van der Waals surface area contributed by atoms with Crippen molar-refractivity contribution in [2.75, 3.05) is 17.2 Å². The molecule has 0 bridgehead atoms. The van der Waals surface area contributed by atoms with Crippen molar-refractivity contribution in [3.8, 4) is 11.3 Å². The van der Waals surface area contributed by atoms with Crippen LogP contribution in [-0.2, 0) is 9.59 Å². The molecule has 0 aliphatic heterocycles. The Kier molecular flexibility index (Phi) is 8.02. The van der Waals surface area contributed by atoms with Gasteiger partial charge in [-0.05, 0) is 48.5 Å². The van der Waals surface area contributed by atoms with Crippen LogP contribution in [0.5, 0.6) is 0 Å². The van der Waals surface area contributed by atoms with Gasteiger partial charge in [0.25, 0.3) is 0 Å². The third kappa shape index (κ3) is 8.01. The Labute approximate surface area is 176 Å². The van der Waals surface area contributed by atoms with Crippen LogP contribution in [-0.4, -0.2) is 34.7 Å². The number of hydrogen-bond donors (Lipinski definition) is 3. The molecule has 31 heavy (non-hydrogen) atoms. The number of nitrogens with zero attached hydrogens (tertiary/aromatic N) is 1. The van der Waals surface area contributed by atoms with Gasteiger partial charge in [0, 0.05) is 16.6 Å². The van der Waals surface area contributed by atoms with Gasteiger partial charge >= 0.3 is 12.1 Å². The van der Waals surface area contributed by atoms with Crippen molar-refractivity contribution in [3.05, 3.63) is 65.5 Å². The second-order valence-electron chi connectivity index (χ2n) is 5.76. The highest BCUT2D eigenvalue weighted by Gasteiger charge is 2.38. The van der Waals surface area contributed by atoms with Crippen molar-refractivity contribution < 1.29 is 36.6 Å². The molecule has 1 amide bonds. The van der Waals surface area contributed by atoms with Crippen molar-refractivity contribution >= 4 is 34.0 Å². The minimum atomic E-state index is -5.08. The van der Waals surface area contributed by atoms with Crippen LogP contribution in [0.4, 0.5) is 32.8 Å². The first-order valence-electron chi connectivity index (χ1n) is 8.35. The summed E-state index contributed by atoms with van der Waals surface area (Å²) < 4.78 is 57.5. The van der Waals surface area contributed by atoms with Gasteiger partial charge in [-0.25, -0.2) is 18.6 Å². The first-order valence-corrected chi connectivity index (χ1v) is 9.23. The number of nitrogens with one attached hydrogen (secondary N) is 2. The molecule has 0 unspecified atom stereocenters. The van der Waals surface area contributed by atoms with E-state index in [1.54, 1.807) is 12.1 Å². The lowest BCUT2D eigenvalue weighted by Gasteiger charge is -2.05. The molecule has 1 aromatic heterocycles. The lowest BCUT2D eigenvalue weighted by molar-refractivity contribution is -0.192. The number of hydrogen-bond acceptors (Lipinski definition) is 5. The van der Waals surface area contributed by atoms with Gasteiger partial charge in [0.2, 0.25) is 5.91 Å². The number of aromatic nitrogens is 1. The Bertz CT molecular complexity index is 1020. The lowest BCUT2D eigenvalue weighted by atomic mass is 10.2. The Morgan fingerprint density at radius 2 is 1.48 bits per heavy atom. The van der Waals surface area contributed by atoms with E-state index in [1.807, 2.05) is 5.38 Å². The molecular formula is C19H14F5N3O3S. The van der Waals surface area contributed by atoms with Gasteiger partial charge < -0.3 is 15.7 Å². The van der Waals surface area contributed by atoms with Gasteiger partial charge in [0.1, 0.15) is 11.6 Å². The summed E-state index contributed by atoms with van der Waals surface area (Å²) in [6.45, 7) is 0.0355. The molecule has 0 radical (unpaired) electrons. The van der Waals surface area contributed by atoms with Gasteiger partial charge in [-0.2, -0.15) is 13.2 Å². The van der Waals surface area contributed by atoms with E-state index in [9.17, 15) is 26.7 Å². The molecule has 3 aromatic rings. The van der Waals surface area contributed by atoms with Gasteiger partial charge in [-0.3, -0.25) is 4.79 Å². The number of thiazole rings is 1. The minimum absolute atomic E-state index is 0.0355. The minimum Gasteiger partial charge on any atom is -0.475 e. The Morgan fingerprint density at radius 1 is 0.968 bits per heavy atom. The summed E-state index contributed by atoms with van der Waals surface area (Å²) in [6, 6.07) is 11.6. The molecule has 0 aliphatic carbocycles. The van der Waals surface area contributed by atoms with E-state index in [-0.39, 0.29) is 24.1 Å². The van der Waals surface area contributed by atoms with E-state index in [4.69, 9.17) is 9.90 Å². The zero-order valence-corrected chi connectivity index (χ0v) is 16.2. The zero-order valence-electron chi connectivity index (χ0n) is 15.4. The molecular weight excluding hydrogens is 445 g/mol. The summed E-state index contributed by atoms with van der Waals surface area (Å²) in [6.07, 6.45) is -5.08. The molecule has 0 saturated heterocycles. The predicted molar refractivity (Wildman–Crippen MR) is 105 cm³/mol. The molecule has 3 N–H and O–H groups in total. The van der Waals surface area contributed by atoms with Crippen molar-refractivity contribution in [2.24, 2.45) is 0 Å². The van der Waals surface area contributed by atoms with Crippen molar-refractivity contribution in [3.63, 3.8) is 0 Å². The fourth-order valence-corrected chi connectivity index (χ4v) is 2.72. The number of carboxylic acid groups (broad SMARTS) is 1. The molecule has 0 spiro atoms. The average molecular weight is 459 g/mol. The van der Waals surface area contributed by atoms with Crippen LogP contribution in [0.3, 0.4) is 0 Å². The molecule has 3 rings (SSSR count). The van der Waals surface area contributed by atoms with Crippen LogP contribution in [0.15, 0.2) is 53.9 Å². The number of carbonyl (C=O) groups excluding carboxylic acids is 1. The second kappa shape index (κ2) is 10.5. The van der Waals surface area contributed by atoms with Crippen molar-refractivity contribution in [1.29, 1.82) is 0 Å². The topological polar surface area (TPSA) is 91.3 Å². The third-order valence-corrected chi connectivity index (χ3v) is 4.21. The quantitative estimate of drug-likeness (QED) is 0.478. The molecule has 0 saturated carbocycles. The van der Waals surface area contributed by atoms with Gasteiger partial charge in [-0.1, -0.05) is 0 Å². The van der Waals surface area contributed by atoms with Crippen LogP contribution in [0.1, 0.15) is 0 Å². The average Bonchev–Trinajstić information content (AvgIpc) is 3.17. The monoisotopic (exact) mass is 459 g/mol. The zero-order chi connectivity index (χ0) is 23.0. The lowest BCUT2D eigenvalue weighted by Crippen LogP contribution is -2.21. The highest BCUT2D eigenvalue weighted by molar-refractivity contribution is 7.14. The van der Waals surface area contributed by atoms with E-state index >= 15 is 0 Å². The predicted octanol–water partition coefficient (Wildman–Crippen LogP) is 4.77. The smallest absolute Gasteiger partial charge is 0.475 e.